The van der Waals surface area contributed by atoms with Gasteiger partial charge in [-0.25, -0.2) is 26.3 Å². The summed E-state index contributed by atoms with van der Waals surface area (Å²) in [5.41, 5.74) is 0. The summed E-state index contributed by atoms with van der Waals surface area (Å²) in [6.07, 6.45) is -11.2. The molecule has 0 amide bonds. The first kappa shape index (κ1) is 12.3. The first-order valence-electron chi connectivity index (χ1n) is 3.38. The predicted octanol–water partition coefficient (Wildman–Crippen LogP) is 3.14. The van der Waals surface area contributed by atoms with Crippen molar-refractivity contribution in [1.29, 1.82) is 0 Å². The van der Waals surface area contributed by atoms with Crippen LogP contribution in [0.2, 0.25) is 0 Å². The van der Waals surface area contributed by atoms with Crippen LogP contribution in [0, 0.1) is 0 Å². The summed E-state index contributed by atoms with van der Waals surface area (Å²) in [7, 11) is 0. The number of rotatable bonds is 5. The molecule has 6 heteroatoms. The lowest BCUT2D eigenvalue weighted by Gasteiger charge is -2.17. The van der Waals surface area contributed by atoms with Crippen molar-refractivity contribution in [2.75, 3.05) is 0 Å². The van der Waals surface area contributed by atoms with Gasteiger partial charge in [0.1, 0.15) is 6.17 Å². The zero-order valence-corrected chi connectivity index (χ0v) is 6.49. The van der Waals surface area contributed by atoms with Crippen LogP contribution in [-0.4, -0.2) is 24.7 Å². The van der Waals surface area contributed by atoms with E-state index in [1.165, 1.54) is 0 Å². The molecule has 0 saturated heterocycles. The second kappa shape index (κ2) is 4.53. The number of allylic oxidation sites excluding steroid dienone is 1. The molecule has 0 aliphatic carbocycles. The Labute approximate surface area is 71.2 Å². The highest BCUT2D eigenvalue weighted by molar-refractivity contribution is 4.90. The van der Waals surface area contributed by atoms with E-state index in [2.05, 4.69) is 6.58 Å². The van der Waals surface area contributed by atoms with E-state index in [0.717, 1.165) is 0 Å². The van der Waals surface area contributed by atoms with Gasteiger partial charge in [0.25, 0.3) is 12.3 Å². The molecule has 0 spiro atoms. The average molecular weight is 206 g/mol. The molecule has 0 rings (SSSR count). The van der Waals surface area contributed by atoms with Gasteiger partial charge in [-0.3, -0.25) is 0 Å². The summed E-state index contributed by atoms with van der Waals surface area (Å²) < 4.78 is 71.9. The third kappa shape index (κ3) is 4.19. The van der Waals surface area contributed by atoms with Crippen LogP contribution in [0.5, 0.6) is 0 Å². The topological polar surface area (TPSA) is 0 Å². The van der Waals surface area contributed by atoms with Crippen molar-refractivity contribution in [3.63, 3.8) is 0 Å². The van der Waals surface area contributed by atoms with Crippen molar-refractivity contribution in [2.24, 2.45) is 0 Å². The Kier molecular flexibility index (Phi) is 4.29. The van der Waals surface area contributed by atoms with Crippen LogP contribution >= 0.6 is 0 Å². The highest BCUT2D eigenvalue weighted by Gasteiger charge is 2.37. The van der Waals surface area contributed by atoms with E-state index in [1.54, 1.807) is 0 Å². The number of hydrogen-bond donors (Lipinski definition) is 0. The van der Waals surface area contributed by atoms with Crippen LogP contribution < -0.4 is 0 Å². The van der Waals surface area contributed by atoms with Crippen molar-refractivity contribution in [3.05, 3.63) is 12.7 Å². The summed E-state index contributed by atoms with van der Waals surface area (Å²) in [5.74, 6) is -3.65. The zero-order valence-electron chi connectivity index (χ0n) is 6.49. The lowest BCUT2D eigenvalue weighted by atomic mass is 10.1. The molecule has 0 heterocycles. The van der Waals surface area contributed by atoms with Gasteiger partial charge in [0.15, 0.2) is 6.17 Å². The van der Waals surface area contributed by atoms with Crippen molar-refractivity contribution >= 4 is 0 Å². The molecular formula is C7H8F6. The first-order chi connectivity index (χ1) is 5.80. The Morgan fingerprint density at radius 1 is 1.15 bits per heavy atom. The molecule has 0 saturated carbocycles. The standard InChI is InChI=1S/C7H8F6/c1-2-7(12,13)3-4(8)5(9)6(10)11/h2,4-6H,1,3H2. The molecule has 2 atom stereocenters. The van der Waals surface area contributed by atoms with Crippen LogP contribution in [0.3, 0.4) is 0 Å². The van der Waals surface area contributed by atoms with E-state index in [0.29, 0.717) is 0 Å². The molecule has 0 fully saturated rings. The van der Waals surface area contributed by atoms with Crippen molar-refractivity contribution in [1.82, 2.24) is 0 Å². The van der Waals surface area contributed by atoms with Crippen molar-refractivity contribution in [3.8, 4) is 0 Å². The van der Waals surface area contributed by atoms with Gasteiger partial charge in [-0.1, -0.05) is 6.58 Å². The van der Waals surface area contributed by atoms with Crippen LogP contribution in [0.1, 0.15) is 6.42 Å². The van der Waals surface area contributed by atoms with Crippen molar-refractivity contribution < 1.29 is 26.3 Å². The molecule has 0 radical (unpaired) electrons. The highest BCUT2D eigenvalue weighted by Crippen LogP contribution is 2.27. The summed E-state index contributed by atoms with van der Waals surface area (Å²) >= 11 is 0. The number of alkyl halides is 6. The largest absolute Gasteiger partial charge is 0.272 e. The van der Waals surface area contributed by atoms with Gasteiger partial charge in [-0.15, -0.1) is 0 Å². The summed E-state index contributed by atoms with van der Waals surface area (Å²) in [4.78, 5) is 0. The Morgan fingerprint density at radius 2 is 1.62 bits per heavy atom. The minimum Gasteiger partial charge on any atom is -0.244 e. The van der Waals surface area contributed by atoms with Crippen LogP contribution in [0.15, 0.2) is 12.7 Å². The van der Waals surface area contributed by atoms with Crippen LogP contribution in [0.25, 0.3) is 0 Å². The SMILES string of the molecule is C=CC(F)(F)CC(F)C(F)C(F)F. The normalized spacial score (nSPS) is 17.2. The molecule has 0 nitrogen and oxygen atoms in total. The van der Waals surface area contributed by atoms with Gasteiger partial charge < -0.3 is 0 Å². The molecule has 0 aliphatic heterocycles. The van der Waals surface area contributed by atoms with Crippen molar-refractivity contribution in [2.45, 2.75) is 31.1 Å². The second-order valence-electron chi connectivity index (χ2n) is 2.46. The van der Waals surface area contributed by atoms with Crippen LogP contribution in [-0.2, 0) is 0 Å². The first-order valence-corrected chi connectivity index (χ1v) is 3.38. The lowest BCUT2D eigenvalue weighted by molar-refractivity contribution is -0.0405. The van der Waals surface area contributed by atoms with Gasteiger partial charge in [0.2, 0.25) is 0 Å². The van der Waals surface area contributed by atoms with E-state index in [-0.39, 0.29) is 6.08 Å². The maximum atomic E-state index is 12.3. The third-order valence-corrected chi connectivity index (χ3v) is 1.35. The zero-order chi connectivity index (χ0) is 10.6. The van der Waals surface area contributed by atoms with Crippen LogP contribution in [0.4, 0.5) is 26.3 Å². The summed E-state index contributed by atoms with van der Waals surface area (Å²) in [6.45, 7) is 2.66. The molecule has 0 aromatic carbocycles. The molecule has 0 aromatic heterocycles. The fraction of sp³-hybridized carbons (Fsp3) is 0.714. The minimum absolute atomic E-state index is 0.0950. The summed E-state index contributed by atoms with van der Waals surface area (Å²) in [5, 5.41) is 0. The van der Waals surface area contributed by atoms with E-state index in [1.807, 2.05) is 0 Å². The number of halogens is 6. The van der Waals surface area contributed by atoms with Gasteiger partial charge in [-0.2, -0.15) is 0 Å². The van der Waals surface area contributed by atoms with Gasteiger partial charge >= 0.3 is 0 Å². The predicted molar refractivity (Wildman–Crippen MR) is 35.6 cm³/mol. The maximum Gasteiger partial charge on any atom is 0.272 e. The molecule has 2 unspecified atom stereocenters. The molecular weight excluding hydrogens is 198 g/mol. The Hall–Kier alpha value is -0.680. The molecule has 78 valence electrons. The quantitative estimate of drug-likeness (QED) is 0.478. The Bertz CT molecular complexity index is 166. The van der Waals surface area contributed by atoms with E-state index >= 15 is 0 Å². The lowest BCUT2D eigenvalue weighted by Crippen LogP contribution is -2.30. The van der Waals surface area contributed by atoms with Gasteiger partial charge in [-0.05, 0) is 6.08 Å². The molecule has 0 aromatic rings. The highest BCUT2D eigenvalue weighted by atomic mass is 19.3. The molecule has 0 aliphatic rings. The second-order valence-corrected chi connectivity index (χ2v) is 2.46. The minimum atomic E-state index is -3.65. The third-order valence-electron chi connectivity index (χ3n) is 1.35. The smallest absolute Gasteiger partial charge is 0.244 e. The van der Waals surface area contributed by atoms with E-state index in [4.69, 9.17) is 0 Å². The maximum absolute atomic E-state index is 12.3. The Morgan fingerprint density at radius 3 is 1.92 bits per heavy atom. The van der Waals surface area contributed by atoms with Gasteiger partial charge in [0, 0.05) is 6.42 Å². The monoisotopic (exact) mass is 206 g/mol. The fourth-order valence-electron chi connectivity index (χ4n) is 0.614. The summed E-state index contributed by atoms with van der Waals surface area (Å²) in [6, 6.07) is 0. The fourth-order valence-corrected chi connectivity index (χ4v) is 0.614. The van der Waals surface area contributed by atoms with E-state index < -0.39 is 31.1 Å². The molecule has 0 N–H and O–H groups in total. The number of hydrogen-bond acceptors (Lipinski definition) is 0. The molecule has 13 heavy (non-hydrogen) atoms. The molecule has 0 bridgehead atoms. The Balaban J connectivity index is 4.14. The van der Waals surface area contributed by atoms with Gasteiger partial charge in [0.05, 0.1) is 0 Å². The van der Waals surface area contributed by atoms with E-state index in [9.17, 15) is 26.3 Å². The average Bonchev–Trinajstić information content (AvgIpc) is 2.02.